The van der Waals surface area contributed by atoms with E-state index in [1.165, 1.54) is 19.3 Å². The number of aliphatic hydroxyl groups excluding tert-OH is 1. The summed E-state index contributed by atoms with van der Waals surface area (Å²) in [4.78, 5) is 0. The first-order valence-electron chi connectivity index (χ1n) is 8.86. The number of rotatable bonds is 10. The lowest BCUT2D eigenvalue weighted by Gasteiger charge is -2.42. The third-order valence-corrected chi connectivity index (χ3v) is 4.83. The molecule has 3 unspecified atom stereocenters. The lowest BCUT2D eigenvalue weighted by atomic mass is 9.68. The van der Waals surface area contributed by atoms with Crippen molar-refractivity contribution in [2.75, 3.05) is 6.61 Å². The summed E-state index contributed by atoms with van der Waals surface area (Å²) in [5, 5.41) is 10.6. The van der Waals surface area contributed by atoms with Crippen molar-refractivity contribution in [3.8, 4) is 0 Å². The molecule has 0 amide bonds. The lowest BCUT2D eigenvalue weighted by Crippen LogP contribution is -2.42. The third-order valence-electron chi connectivity index (χ3n) is 4.83. The third kappa shape index (κ3) is 7.65. The van der Waals surface area contributed by atoms with Crippen molar-refractivity contribution in [2.24, 2.45) is 22.7 Å². The molecule has 0 aliphatic rings. The Balaban J connectivity index is 4.65. The van der Waals surface area contributed by atoms with Gasteiger partial charge in [-0.2, -0.15) is 0 Å². The second-order valence-corrected chi connectivity index (χ2v) is 8.50. The molecule has 0 aromatic rings. The molecule has 0 aromatic heterocycles. The SMILES string of the molecule is CCCCC(CC)COC(O)C(C)(CC(C)(C)C)C(C)C. The standard InChI is InChI=1S/C19H40O2/c1-9-11-12-16(10-2)13-21-17(20)19(8,15(3)4)14-18(5,6)7/h15-17,20H,9-14H2,1-8H3. The van der Waals surface area contributed by atoms with Crippen LogP contribution < -0.4 is 0 Å². The maximum atomic E-state index is 10.6. The van der Waals surface area contributed by atoms with Gasteiger partial charge in [0.25, 0.3) is 0 Å². The van der Waals surface area contributed by atoms with Gasteiger partial charge >= 0.3 is 0 Å². The van der Waals surface area contributed by atoms with Crippen LogP contribution in [0.3, 0.4) is 0 Å². The van der Waals surface area contributed by atoms with Gasteiger partial charge in [0.15, 0.2) is 6.29 Å². The highest BCUT2D eigenvalue weighted by molar-refractivity contribution is 4.85. The minimum absolute atomic E-state index is 0.190. The fourth-order valence-electron chi connectivity index (χ4n) is 3.03. The Labute approximate surface area is 133 Å². The highest BCUT2D eigenvalue weighted by Gasteiger charge is 2.40. The summed E-state index contributed by atoms with van der Waals surface area (Å²) >= 11 is 0. The van der Waals surface area contributed by atoms with Crippen molar-refractivity contribution in [1.29, 1.82) is 0 Å². The number of hydrogen-bond donors (Lipinski definition) is 1. The van der Waals surface area contributed by atoms with Gasteiger partial charge < -0.3 is 9.84 Å². The average molecular weight is 301 g/mol. The number of aliphatic hydroxyl groups is 1. The minimum atomic E-state index is -0.674. The van der Waals surface area contributed by atoms with E-state index in [0.717, 1.165) is 12.8 Å². The highest BCUT2D eigenvalue weighted by Crippen LogP contribution is 2.42. The van der Waals surface area contributed by atoms with E-state index in [2.05, 4.69) is 55.4 Å². The first kappa shape index (κ1) is 20.9. The molecule has 0 aliphatic carbocycles. The van der Waals surface area contributed by atoms with Gasteiger partial charge in [-0.3, -0.25) is 0 Å². The Kier molecular flexibility index (Phi) is 9.11. The maximum Gasteiger partial charge on any atom is 0.160 e. The number of unbranched alkanes of at least 4 members (excludes halogenated alkanes) is 1. The van der Waals surface area contributed by atoms with Crippen LogP contribution in [0.5, 0.6) is 0 Å². The van der Waals surface area contributed by atoms with Gasteiger partial charge in [-0.25, -0.2) is 0 Å². The van der Waals surface area contributed by atoms with Gasteiger partial charge in [-0.15, -0.1) is 0 Å². The lowest BCUT2D eigenvalue weighted by molar-refractivity contribution is -0.200. The molecule has 0 rings (SSSR count). The van der Waals surface area contributed by atoms with E-state index < -0.39 is 6.29 Å². The first-order chi connectivity index (χ1) is 9.56. The molecule has 0 saturated carbocycles. The van der Waals surface area contributed by atoms with Gasteiger partial charge in [0.05, 0.1) is 6.61 Å². The Morgan fingerprint density at radius 1 is 1.05 bits per heavy atom. The maximum absolute atomic E-state index is 10.6. The summed E-state index contributed by atoms with van der Waals surface area (Å²) in [5.74, 6) is 0.966. The summed E-state index contributed by atoms with van der Waals surface area (Å²) in [6.07, 6.45) is 5.10. The zero-order valence-electron chi connectivity index (χ0n) is 15.8. The van der Waals surface area contributed by atoms with E-state index in [-0.39, 0.29) is 10.8 Å². The van der Waals surface area contributed by atoms with Crippen LogP contribution in [0, 0.1) is 22.7 Å². The van der Waals surface area contributed by atoms with E-state index >= 15 is 0 Å². The Morgan fingerprint density at radius 2 is 1.62 bits per heavy atom. The summed E-state index contributed by atoms with van der Waals surface area (Å²) < 4.78 is 5.92. The van der Waals surface area contributed by atoms with E-state index in [0.29, 0.717) is 18.4 Å². The van der Waals surface area contributed by atoms with Crippen molar-refractivity contribution < 1.29 is 9.84 Å². The van der Waals surface area contributed by atoms with Crippen LogP contribution in [0.4, 0.5) is 0 Å². The molecule has 0 saturated heterocycles. The van der Waals surface area contributed by atoms with Crippen molar-refractivity contribution in [3.63, 3.8) is 0 Å². The molecule has 0 radical (unpaired) electrons. The topological polar surface area (TPSA) is 29.5 Å². The average Bonchev–Trinajstić information content (AvgIpc) is 2.36. The summed E-state index contributed by atoms with van der Waals surface area (Å²) in [6.45, 7) is 18.4. The fraction of sp³-hybridized carbons (Fsp3) is 1.00. The summed E-state index contributed by atoms with van der Waals surface area (Å²) in [6, 6.07) is 0. The minimum Gasteiger partial charge on any atom is -0.367 e. The van der Waals surface area contributed by atoms with Crippen LogP contribution >= 0.6 is 0 Å². The van der Waals surface area contributed by atoms with Crippen LogP contribution in [0.25, 0.3) is 0 Å². The van der Waals surface area contributed by atoms with Gasteiger partial charge in [0.1, 0.15) is 0 Å². The van der Waals surface area contributed by atoms with E-state index in [4.69, 9.17) is 4.74 Å². The predicted octanol–water partition coefficient (Wildman–Crippen LogP) is 5.64. The largest absolute Gasteiger partial charge is 0.367 e. The summed E-state index contributed by atoms with van der Waals surface area (Å²) in [5.41, 5.74) is -0.00295. The molecule has 0 aromatic carbocycles. The van der Waals surface area contributed by atoms with E-state index in [1.54, 1.807) is 0 Å². The van der Waals surface area contributed by atoms with Crippen molar-refractivity contribution in [2.45, 2.75) is 93.8 Å². The molecule has 21 heavy (non-hydrogen) atoms. The molecule has 0 fully saturated rings. The van der Waals surface area contributed by atoms with Crippen LogP contribution in [0.2, 0.25) is 0 Å². The molecule has 3 atom stereocenters. The Bertz CT molecular complexity index is 267. The second kappa shape index (κ2) is 9.15. The molecule has 2 nitrogen and oxygen atoms in total. The van der Waals surface area contributed by atoms with Crippen LogP contribution in [0.15, 0.2) is 0 Å². The smallest absolute Gasteiger partial charge is 0.160 e. The molecule has 2 heteroatoms. The summed E-state index contributed by atoms with van der Waals surface area (Å²) in [7, 11) is 0. The molecule has 1 N–H and O–H groups in total. The van der Waals surface area contributed by atoms with Gasteiger partial charge in [-0.05, 0) is 30.1 Å². The normalized spacial score (nSPS) is 18.6. The predicted molar refractivity (Wildman–Crippen MR) is 92.3 cm³/mol. The Morgan fingerprint density at radius 3 is 2.00 bits per heavy atom. The zero-order valence-corrected chi connectivity index (χ0v) is 15.8. The monoisotopic (exact) mass is 300 g/mol. The second-order valence-electron chi connectivity index (χ2n) is 8.50. The first-order valence-corrected chi connectivity index (χ1v) is 8.86. The van der Waals surface area contributed by atoms with Gasteiger partial charge in [0.2, 0.25) is 0 Å². The molecule has 0 spiro atoms. The van der Waals surface area contributed by atoms with Crippen LogP contribution in [-0.4, -0.2) is 18.0 Å². The molecule has 0 bridgehead atoms. The molecule has 128 valence electrons. The zero-order chi connectivity index (χ0) is 16.7. The molecular weight excluding hydrogens is 260 g/mol. The Hall–Kier alpha value is -0.0800. The van der Waals surface area contributed by atoms with E-state index in [9.17, 15) is 5.11 Å². The van der Waals surface area contributed by atoms with E-state index in [1.807, 2.05) is 0 Å². The van der Waals surface area contributed by atoms with Gasteiger partial charge in [-0.1, -0.05) is 74.7 Å². The van der Waals surface area contributed by atoms with Crippen LogP contribution in [0.1, 0.15) is 87.5 Å². The van der Waals surface area contributed by atoms with Gasteiger partial charge in [0, 0.05) is 5.41 Å². The van der Waals surface area contributed by atoms with Crippen molar-refractivity contribution in [1.82, 2.24) is 0 Å². The van der Waals surface area contributed by atoms with Crippen molar-refractivity contribution >= 4 is 0 Å². The fourth-order valence-corrected chi connectivity index (χ4v) is 3.03. The molecule has 0 aliphatic heterocycles. The highest BCUT2D eigenvalue weighted by atomic mass is 16.6. The molecule has 0 heterocycles. The number of hydrogen-bond acceptors (Lipinski definition) is 2. The quantitative estimate of drug-likeness (QED) is 0.529. The van der Waals surface area contributed by atoms with Crippen molar-refractivity contribution in [3.05, 3.63) is 0 Å². The molecular formula is C19H40O2. The number of ether oxygens (including phenoxy) is 1. The van der Waals surface area contributed by atoms with Crippen LogP contribution in [-0.2, 0) is 4.74 Å².